The van der Waals surface area contributed by atoms with Gasteiger partial charge in [-0.25, -0.2) is 22.0 Å². The second-order valence-electron chi connectivity index (χ2n) is 7.35. The number of carbonyl (C=O) groups is 1. The van der Waals surface area contributed by atoms with E-state index < -0.39 is 49.7 Å². The Balaban J connectivity index is 1.96. The molecule has 0 saturated carbocycles. The molecule has 1 amide bonds. The zero-order valence-corrected chi connectivity index (χ0v) is 16.8. The number of nitrogens with zero attached hydrogens (tertiary/aromatic N) is 2. The van der Waals surface area contributed by atoms with Crippen LogP contribution in [0.5, 0.6) is 0 Å². The van der Waals surface area contributed by atoms with Crippen LogP contribution in [-0.4, -0.2) is 36.4 Å². The first kappa shape index (κ1) is 21.0. The van der Waals surface area contributed by atoms with Crippen LogP contribution in [0, 0.1) is 5.82 Å². The summed E-state index contributed by atoms with van der Waals surface area (Å²) in [5.41, 5.74) is -4.64. The third kappa shape index (κ3) is 4.16. The standard InChI is InChI=1S/C17H19F2N3O6S/c1-8(2)26-16(23)20-11-5-9-12(6-10(11)18)27-22-14(9)15(19)29(24,25)13-7-17(3,4)28-21-13/h5-6,8,15H,7H2,1-4H3,(H,20,23). The fraction of sp³-hybridized carbons (Fsp3) is 0.471. The van der Waals surface area contributed by atoms with E-state index in [-0.39, 0.29) is 23.1 Å². The number of rotatable bonds is 4. The lowest BCUT2D eigenvalue weighted by molar-refractivity contribution is 0.0123. The highest BCUT2D eigenvalue weighted by atomic mass is 32.2. The summed E-state index contributed by atoms with van der Waals surface area (Å²) in [6.45, 7) is 6.42. The molecule has 1 aliphatic rings. The molecule has 1 N–H and O–H groups in total. The van der Waals surface area contributed by atoms with Crippen molar-refractivity contribution in [2.45, 2.75) is 51.3 Å². The van der Waals surface area contributed by atoms with Gasteiger partial charge in [-0.3, -0.25) is 5.32 Å². The normalized spacial score (nSPS) is 17.1. The molecule has 0 fully saturated rings. The predicted molar refractivity (Wildman–Crippen MR) is 99.2 cm³/mol. The van der Waals surface area contributed by atoms with Crippen molar-refractivity contribution in [1.29, 1.82) is 0 Å². The Morgan fingerprint density at radius 3 is 2.62 bits per heavy atom. The largest absolute Gasteiger partial charge is 0.447 e. The molecule has 0 spiro atoms. The number of fused-ring (bicyclic) bond motifs is 1. The number of halogens is 2. The van der Waals surface area contributed by atoms with E-state index in [2.05, 4.69) is 15.6 Å². The topological polar surface area (TPSA) is 120 Å². The minimum atomic E-state index is -4.56. The number of hydrogen-bond donors (Lipinski definition) is 1. The summed E-state index contributed by atoms with van der Waals surface area (Å²) in [4.78, 5) is 16.7. The molecule has 1 unspecified atom stereocenters. The second kappa shape index (κ2) is 7.25. The quantitative estimate of drug-likeness (QED) is 0.781. The number of alkyl halides is 1. The van der Waals surface area contributed by atoms with Crippen molar-refractivity contribution >= 4 is 37.6 Å². The van der Waals surface area contributed by atoms with Gasteiger partial charge in [-0.05, 0) is 33.8 Å². The number of benzene rings is 1. The van der Waals surface area contributed by atoms with Gasteiger partial charge in [0.05, 0.1) is 17.2 Å². The van der Waals surface area contributed by atoms with Crippen LogP contribution in [0.15, 0.2) is 21.8 Å². The average molecular weight is 431 g/mol. The van der Waals surface area contributed by atoms with Crippen LogP contribution >= 0.6 is 0 Å². The Hall–Kier alpha value is -2.76. The van der Waals surface area contributed by atoms with Crippen LogP contribution in [0.2, 0.25) is 0 Å². The monoisotopic (exact) mass is 431 g/mol. The number of carbonyl (C=O) groups excluding carboxylic acids is 1. The van der Waals surface area contributed by atoms with Crippen LogP contribution in [0.1, 0.15) is 45.3 Å². The van der Waals surface area contributed by atoms with Gasteiger partial charge in [-0.2, -0.15) is 0 Å². The lowest BCUT2D eigenvalue weighted by atomic mass is 10.1. The van der Waals surface area contributed by atoms with E-state index >= 15 is 0 Å². The highest BCUT2D eigenvalue weighted by molar-refractivity contribution is 8.06. The molecule has 2 aromatic rings. The van der Waals surface area contributed by atoms with Gasteiger partial charge < -0.3 is 14.1 Å². The fourth-order valence-corrected chi connectivity index (χ4v) is 4.01. The van der Waals surface area contributed by atoms with E-state index in [0.717, 1.165) is 12.1 Å². The molecular formula is C17H19F2N3O6S. The van der Waals surface area contributed by atoms with Crippen LogP contribution in [0.25, 0.3) is 11.0 Å². The van der Waals surface area contributed by atoms with Gasteiger partial charge in [0.1, 0.15) is 11.3 Å². The first-order valence-corrected chi connectivity index (χ1v) is 10.1. The van der Waals surface area contributed by atoms with Gasteiger partial charge in [0.25, 0.3) is 5.50 Å². The Morgan fingerprint density at radius 2 is 2.03 bits per heavy atom. The maximum Gasteiger partial charge on any atom is 0.411 e. The lowest BCUT2D eigenvalue weighted by Crippen LogP contribution is -2.24. The van der Waals surface area contributed by atoms with E-state index in [1.165, 1.54) is 0 Å². The van der Waals surface area contributed by atoms with Crippen molar-refractivity contribution < 1.29 is 36.1 Å². The molecule has 9 nitrogen and oxygen atoms in total. The minimum Gasteiger partial charge on any atom is -0.447 e. The number of sulfone groups is 1. The summed E-state index contributed by atoms with van der Waals surface area (Å²) in [5.74, 6) is -0.894. The molecular weight excluding hydrogens is 412 g/mol. The molecule has 1 aromatic carbocycles. The number of anilines is 1. The number of aromatic nitrogens is 1. The van der Waals surface area contributed by atoms with Gasteiger partial charge >= 0.3 is 6.09 Å². The minimum absolute atomic E-state index is 0.117. The number of ether oxygens (including phenoxy) is 1. The van der Waals surface area contributed by atoms with Crippen LogP contribution in [-0.2, 0) is 19.4 Å². The van der Waals surface area contributed by atoms with Crippen LogP contribution in [0.4, 0.5) is 19.3 Å². The van der Waals surface area contributed by atoms with E-state index in [0.29, 0.717) is 0 Å². The Morgan fingerprint density at radius 1 is 1.34 bits per heavy atom. The van der Waals surface area contributed by atoms with Gasteiger partial charge in [0.2, 0.25) is 9.84 Å². The van der Waals surface area contributed by atoms with Gasteiger partial charge in [-0.1, -0.05) is 10.3 Å². The van der Waals surface area contributed by atoms with Crippen LogP contribution < -0.4 is 5.32 Å². The molecule has 1 aliphatic heterocycles. The zero-order valence-electron chi connectivity index (χ0n) is 16.0. The Labute approximate surface area is 164 Å². The average Bonchev–Trinajstić information content (AvgIpc) is 3.16. The summed E-state index contributed by atoms with van der Waals surface area (Å²) < 4.78 is 64.1. The summed E-state index contributed by atoms with van der Waals surface area (Å²) in [5, 5.41) is 8.49. The molecule has 12 heteroatoms. The molecule has 0 radical (unpaired) electrons. The molecule has 1 atom stereocenters. The SMILES string of the molecule is CC(C)OC(=O)Nc1cc2c(C(F)S(=O)(=O)C3=NOC(C)(C)C3)noc2cc1F. The summed E-state index contributed by atoms with van der Waals surface area (Å²) in [6.07, 6.45) is -1.50. The highest BCUT2D eigenvalue weighted by Gasteiger charge is 2.43. The lowest BCUT2D eigenvalue weighted by Gasteiger charge is -2.13. The summed E-state index contributed by atoms with van der Waals surface area (Å²) in [6, 6.07) is 1.88. The highest BCUT2D eigenvalue weighted by Crippen LogP contribution is 2.36. The van der Waals surface area contributed by atoms with Gasteiger partial charge in [-0.15, -0.1) is 0 Å². The molecule has 158 valence electrons. The van der Waals surface area contributed by atoms with Crippen molar-refractivity contribution in [2.75, 3.05) is 5.32 Å². The smallest absolute Gasteiger partial charge is 0.411 e. The first-order chi connectivity index (χ1) is 13.4. The van der Waals surface area contributed by atoms with Gasteiger partial charge in [0, 0.05) is 12.5 Å². The van der Waals surface area contributed by atoms with E-state index in [9.17, 15) is 22.0 Å². The van der Waals surface area contributed by atoms with E-state index in [1.54, 1.807) is 27.7 Å². The first-order valence-electron chi connectivity index (χ1n) is 8.60. The molecule has 0 aliphatic carbocycles. The van der Waals surface area contributed by atoms with Crippen molar-refractivity contribution in [1.82, 2.24) is 5.16 Å². The van der Waals surface area contributed by atoms with Crippen LogP contribution in [0.3, 0.4) is 0 Å². The fourth-order valence-electron chi connectivity index (χ4n) is 2.61. The molecule has 1 aromatic heterocycles. The Bertz CT molecular complexity index is 1090. The molecule has 29 heavy (non-hydrogen) atoms. The molecule has 0 bridgehead atoms. The summed E-state index contributed by atoms with van der Waals surface area (Å²) >= 11 is 0. The molecule has 0 saturated heterocycles. The number of hydrogen-bond acceptors (Lipinski definition) is 8. The molecule has 3 rings (SSSR count). The number of oxime groups is 1. The van der Waals surface area contributed by atoms with Crippen molar-refractivity contribution in [2.24, 2.45) is 5.16 Å². The maximum atomic E-state index is 15.0. The second-order valence-corrected chi connectivity index (χ2v) is 9.32. The summed E-state index contributed by atoms with van der Waals surface area (Å²) in [7, 11) is -4.56. The van der Waals surface area contributed by atoms with E-state index in [4.69, 9.17) is 14.1 Å². The van der Waals surface area contributed by atoms with E-state index in [1.807, 2.05) is 0 Å². The van der Waals surface area contributed by atoms with Gasteiger partial charge in [0.15, 0.2) is 16.4 Å². The Kier molecular flexibility index (Phi) is 5.24. The van der Waals surface area contributed by atoms with Crippen molar-refractivity contribution in [3.8, 4) is 0 Å². The van der Waals surface area contributed by atoms with Crippen molar-refractivity contribution in [3.63, 3.8) is 0 Å². The zero-order chi connectivity index (χ0) is 21.6. The molecule has 2 heterocycles. The maximum absolute atomic E-state index is 15.0. The number of amides is 1. The predicted octanol–water partition coefficient (Wildman–Crippen LogP) is 3.82. The third-order valence-electron chi connectivity index (χ3n) is 3.95. The van der Waals surface area contributed by atoms with Crippen molar-refractivity contribution in [3.05, 3.63) is 23.6 Å². The number of nitrogens with one attached hydrogen (secondary N) is 1. The third-order valence-corrected chi connectivity index (χ3v) is 5.60.